The molecule has 5 rings (SSSR count). The fraction of sp³-hybridized carbons (Fsp3) is 0.474. The summed E-state index contributed by atoms with van der Waals surface area (Å²) < 4.78 is 0. The third kappa shape index (κ3) is 1.42. The van der Waals surface area contributed by atoms with E-state index in [-0.39, 0.29) is 23.1 Å². The van der Waals surface area contributed by atoms with Gasteiger partial charge in [-0.25, -0.2) is 0 Å². The molecule has 1 amide bonds. The lowest BCUT2D eigenvalue weighted by molar-refractivity contribution is -0.137. The van der Waals surface area contributed by atoms with Crippen LogP contribution in [0.5, 0.6) is 0 Å². The van der Waals surface area contributed by atoms with Crippen molar-refractivity contribution < 1.29 is 9.59 Å². The minimum atomic E-state index is -0.408. The summed E-state index contributed by atoms with van der Waals surface area (Å²) in [6, 6.07) is 8.42. The molecule has 0 spiro atoms. The number of benzene rings is 1. The summed E-state index contributed by atoms with van der Waals surface area (Å²) in [7, 11) is 0. The van der Waals surface area contributed by atoms with Crippen LogP contribution in [0, 0.1) is 11.3 Å². The topological polar surface area (TPSA) is 53.2 Å². The lowest BCUT2D eigenvalue weighted by Gasteiger charge is -2.39. The van der Waals surface area contributed by atoms with Crippen molar-refractivity contribution in [3.05, 3.63) is 35.5 Å². The van der Waals surface area contributed by atoms with E-state index in [1.807, 2.05) is 11.0 Å². The van der Waals surface area contributed by atoms with Crippen LogP contribution in [0.4, 0.5) is 0 Å². The van der Waals surface area contributed by atoms with Crippen molar-refractivity contribution in [3.8, 4) is 0 Å². The highest BCUT2D eigenvalue weighted by Crippen LogP contribution is 2.61. The van der Waals surface area contributed by atoms with Crippen LogP contribution < -0.4 is 0 Å². The first-order valence-electron chi connectivity index (χ1n) is 8.60. The zero-order valence-corrected chi connectivity index (χ0v) is 13.3. The number of carbonyl (C=O) groups excluding carboxylic acids is 2. The van der Waals surface area contributed by atoms with E-state index in [0.29, 0.717) is 6.42 Å². The maximum atomic E-state index is 12.9. The normalized spacial score (nSPS) is 32.3. The second-order valence-electron chi connectivity index (χ2n) is 7.23. The molecule has 3 atom stereocenters. The largest absolute Gasteiger partial charge is 0.356 e. The Bertz CT molecular complexity index is 852. The van der Waals surface area contributed by atoms with E-state index < -0.39 is 5.92 Å². The molecule has 1 saturated heterocycles. The van der Waals surface area contributed by atoms with E-state index in [4.69, 9.17) is 0 Å². The minimum absolute atomic E-state index is 0.0487. The molecule has 1 N–H and O–H groups in total. The van der Waals surface area contributed by atoms with E-state index >= 15 is 0 Å². The number of H-pyrrole nitrogens is 1. The number of ketones is 1. The van der Waals surface area contributed by atoms with Gasteiger partial charge in [-0.2, -0.15) is 0 Å². The third-order valence-corrected chi connectivity index (χ3v) is 6.50. The molecule has 3 aliphatic rings. The van der Waals surface area contributed by atoms with Gasteiger partial charge in [0.05, 0.1) is 6.04 Å². The van der Waals surface area contributed by atoms with E-state index in [1.54, 1.807) is 0 Å². The van der Waals surface area contributed by atoms with Crippen molar-refractivity contribution in [1.29, 1.82) is 0 Å². The van der Waals surface area contributed by atoms with E-state index in [2.05, 4.69) is 30.1 Å². The number of amides is 1. The van der Waals surface area contributed by atoms with Gasteiger partial charge in [-0.3, -0.25) is 9.59 Å². The van der Waals surface area contributed by atoms with Gasteiger partial charge in [0.25, 0.3) is 0 Å². The summed E-state index contributed by atoms with van der Waals surface area (Å²) in [6.45, 7) is 2.88. The average molecular weight is 308 g/mol. The molecule has 1 aromatic carbocycles. The van der Waals surface area contributed by atoms with Crippen LogP contribution in [-0.4, -0.2) is 28.1 Å². The average Bonchev–Trinajstić information content (AvgIpc) is 3.18. The van der Waals surface area contributed by atoms with Gasteiger partial charge >= 0.3 is 0 Å². The number of Topliss-reactive ketones (excluding diaryl/α,β-unsaturated/α-hetero) is 1. The van der Waals surface area contributed by atoms with Crippen LogP contribution in [0.25, 0.3) is 10.9 Å². The van der Waals surface area contributed by atoms with Crippen LogP contribution >= 0.6 is 0 Å². The van der Waals surface area contributed by atoms with Gasteiger partial charge in [0, 0.05) is 35.0 Å². The number of fused-ring (bicyclic) bond motifs is 7. The fourth-order valence-corrected chi connectivity index (χ4v) is 5.46. The van der Waals surface area contributed by atoms with Crippen molar-refractivity contribution >= 4 is 22.6 Å². The molecule has 0 radical (unpaired) electrons. The summed E-state index contributed by atoms with van der Waals surface area (Å²) in [4.78, 5) is 30.9. The van der Waals surface area contributed by atoms with Crippen molar-refractivity contribution in [2.45, 2.75) is 38.6 Å². The monoisotopic (exact) mass is 308 g/mol. The molecular weight excluding hydrogens is 288 g/mol. The zero-order valence-electron chi connectivity index (χ0n) is 13.3. The number of carbonyl (C=O) groups is 2. The Morgan fingerprint density at radius 2 is 2.09 bits per heavy atom. The van der Waals surface area contributed by atoms with Crippen molar-refractivity contribution in [1.82, 2.24) is 9.88 Å². The SMILES string of the molecule is CC[C@@]12CCC(=O)[C@@H]1C(=O)N1CCc3c([nH]c4ccccc34)[C@@H]12. The molecule has 118 valence electrons. The first kappa shape index (κ1) is 13.3. The predicted octanol–water partition coefficient (Wildman–Crippen LogP) is 2.98. The van der Waals surface area contributed by atoms with Crippen LogP contribution in [0.2, 0.25) is 0 Å². The molecule has 4 heteroatoms. The van der Waals surface area contributed by atoms with Gasteiger partial charge in [0.15, 0.2) is 0 Å². The van der Waals surface area contributed by atoms with Gasteiger partial charge in [0.1, 0.15) is 11.7 Å². The maximum absolute atomic E-state index is 12.9. The van der Waals surface area contributed by atoms with Crippen molar-refractivity contribution in [3.63, 3.8) is 0 Å². The Morgan fingerprint density at radius 3 is 2.91 bits per heavy atom. The molecule has 1 aliphatic carbocycles. The second kappa shape index (κ2) is 4.25. The molecule has 23 heavy (non-hydrogen) atoms. The Hall–Kier alpha value is -2.10. The first-order valence-corrected chi connectivity index (χ1v) is 8.60. The van der Waals surface area contributed by atoms with Crippen LogP contribution in [-0.2, 0) is 16.0 Å². The van der Waals surface area contributed by atoms with Gasteiger partial charge in [-0.15, -0.1) is 0 Å². The van der Waals surface area contributed by atoms with E-state index in [9.17, 15) is 9.59 Å². The Morgan fingerprint density at radius 1 is 1.26 bits per heavy atom. The highest BCUT2D eigenvalue weighted by Gasteiger charge is 2.65. The number of hydrogen-bond donors (Lipinski definition) is 1. The van der Waals surface area contributed by atoms with E-state index in [1.165, 1.54) is 16.6 Å². The summed E-state index contributed by atoms with van der Waals surface area (Å²) in [5, 5.41) is 1.27. The van der Waals surface area contributed by atoms with Gasteiger partial charge in [-0.1, -0.05) is 25.1 Å². The standard InChI is InChI=1S/C19H20N2O2/c1-2-19-9-7-14(22)15(19)18(23)21-10-8-12-11-5-3-4-6-13(11)20-16(12)17(19)21/h3-6,15,17,20H,2,7-10H2,1H3/t15-,17-,19-/m1/s1. The van der Waals surface area contributed by atoms with E-state index in [0.717, 1.165) is 31.3 Å². The number of nitrogens with zero attached hydrogens (tertiary/aromatic N) is 1. The molecule has 3 heterocycles. The number of nitrogens with one attached hydrogen (secondary N) is 1. The second-order valence-corrected chi connectivity index (χ2v) is 7.23. The summed E-state index contributed by atoms with van der Waals surface area (Å²) >= 11 is 0. The molecule has 4 nitrogen and oxygen atoms in total. The zero-order chi connectivity index (χ0) is 15.8. The minimum Gasteiger partial charge on any atom is -0.356 e. The lowest BCUT2D eigenvalue weighted by atomic mass is 9.70. The highest BCUT2D eigenvalue weighted by atomic mass is 16.2. The summed E-state index contributed by atoms with van der Waals surface area (Å²) in [5.74, 6) is -0.178. The van der Waals surface area contributed by atoms with Crippen LogP contribution in [0.3, 0.4) is 0 Å². The number of rotatable bonds is 1. The van der Waals surface area contributed by atoms with Gasteiger partial charge in [0.2, 0.25) is 5.91 Å². The van der Waals surface area contributed by atoms with Crippen molar-refractivity contribution in [2.75, 3.05) is 6.54 Å². The molecule has 2 fully saturated rings. The number of para-hydroxylation sites is 1. The van der Waals surface area contributed by atoms with Gasteiger partial charge in [-0.05, 0) is 30.9 Å². The smallest absolute Gasteiger partial charge is 0.234 e. The van der Waals surface area contributed by atoms with Gasteiger partial charge < -0.3 is 9.88 Å². The molecule has 1 saturated carbocycles. The summed E-state index contributed by atoms with van der Waals surface area (Å²) in [5.41, 5.74) is 3.47. The Labute approximate surface area is 134 Å². The first-order chi connectivity index (χ1) is 11.2. The molecule has 2 aliphatic heterocycles. The van der Waals surface area contributed by atoms with Crippen LogP contribution in [0.15, 0.2) is 24.3 Å². The Balaban J connectivity index is 1.77. The van der Waals surface area contributed by atoms with Crippen molar-refractivity contribution in [2.24, 2.45) is 11.3 Å². The number of aromatic amines is 1. The highest BCUT2D eigenvalue weighted by molar-refractivity contribution is 6.06. The number of aromatic nitrogens is 1. The maximum Gasteiger partial charge on any atom is 0.234 e. The summed E-state index contributed by atoms with van der Waals surface area (Å²) in [6.07, 6.45) is 3.16. The number of hydrogen-bond acceptors (Lipinski definition) is 2. The predicted molar refractivity (Wildman–Crippen MR) is 86.9 cm³/mol. The fourth-order valence-electron chi connectivity index (χ4n) is 5.46. The van der Waals surface area contributed by atoms with Crippen LogP contribution in [0.1, 0.15) is 43.5 Å². The molecule has 1 aromatic heterocycles. The molecule has 2 aromatic rings. The lowest BCUT2D eigenvalue weighted by Crippen LogP contribution is -2.38. The third-order valence-electron chi connectivity index (χ3n) is 6.50. The Kier molecular flexibility index (Phi) is 2.47. The quantitative estimate of drug-likeness (QED) is 0.823. The molecule has 0 unspecified atom stereocenters. The molecule has 0 bridgehead atoms. The molecular formula is C19H20N2O2.